The van der Waals surface area contributed by atoms with Crippen LogP contribution in [0.25, 0.3) is 0 Å². The summed E-state index contributed by atoms with van der Waals surface area (Å²) >= 11 is 12.3. The van der Waals surface area contributed by atoms with Gasteiger partial charge in [0.15, 0.2) is 0 Å². The number of halogens is 2. The summed E-state index contributed by atoms with van der Waals surface area (Å²) < 4.78 is 0. The van der Waals surface area contributed by atoms with Crippen LogP contribution in [-0.2, 0) is 6.54 Å². The van der Waals surface area contributed by atoms with Crippen LogP contribution in [0.2, 0.25) is 10.0 Å². The summed E-state index contributed by atoms with van der Waals surface area (Å²) in [6, 6.07) is 14.5. The third-order valence-corrected chi connectivity index (χ3v) is 6.06. The average molecular weight is 487 g/mol. The van der Waals surface area contributed by atoms with Crippen LogP contribution in [0.5, 0.6) is 0 Å². The van der Waals surface area contributed by atoms with Crippen LogP contribution in [-0.4, -0.2) is 59.3 Å². The molecule has 0 unspecified atom stereocenters. The van der Waals surface area contributed by atoms with E-state index in [2.05, 4.69) is 38.2 Å². The summed E-state index contributed by atoms with van der Waals surface area (Å²) in [4.78, 5) is 26.4. The summed E-state index contributed by atoms with van der Waals surface area (Å²) in [5.74, 6) is 0.526. The maximum absolute atomic E-state index is 12.0. The number of benzene rings is 2. The second kappa shape index (κ2) is 10.2. The fraction of sp³-hybridized carbons (Fsp3) is 0.261. The molecule has 4 rings (SSSR count). The molecule has 1 aliphatic heterocycles. The molecule has 2 heterocycles. The second-order valence-corrected chi connectivity index (χ2v) is 8.65. The zero-order valence-corrected chi connectivity index (χ0v) is 19.6. The molecule has 0 atom stereocenters. The van der Waals surface area contributed by atoms with E-state index in [0.717, 1.165) is 42.5 Å². The summed E-state index contributed by atoms with van der Waals surface area (Å²) in [5, 5.41) is 13.9. The van der Waals surface area contributed by atoms with E-state index in [1.807, 2.05) is 18.2 Å². The topological polar surface area (TPSA) is 84.8 Å². The fourth-order valence-corrected chi connectivity index (χ4v) is 3.99. The Kier molecular flexibility index (Phi) is 7.17. The van der Waals surface area contributed by atoms with Gasteiger partial charge >= 0.3 is 6.09 Å². The zero-order valence-electron chi connectivity index (χ0n) is 18.1. The SMILES string of the molecule is CN1CCN(c2cccc(Nc3nccc(N(Cc4cc(Cl)ccc4Cl)C(=O)O)n3)c2)CC1. The molecule has 1 fully saturated rings. The molecule has 10 heteroatoms. The van der Waals surface area contributed by atoms with Crippen LogP contribution >= 0.6 is 23.2 Å². The molecule has 0 radical (unpaired) electrons. The van der Waals surface area contributed by atoms with E-state index in [-0.39, 0.29) is 12.4 Å². The van der Waals surface area contributed by atoms with E-state index < -0.39 is 6.09 Å². The highest BCUT2D eigenvalue weighted by molar-refractivity contribution is 6.33. The highest BCUT2D eigenvalue weighted by Gasteiger charge is 2.19. The van der Waals surface area contributed by atoms with Gasteiger partial charge in [0.1, 0.15) is 5.82 Å². The van der Waals surface area contributed by atoms with Gasteiger partial charge in [0.05, 0.1) is 6.54 Å². The van der Waals surface area contributed by atoms with Crippen molar-refractivity contribution in [2.75, 3.05) is 48.3 Å². The number of carbonyl (C=O) groups is 1. The molecule has 0 bridgehead atoms. The largest absolute Gasteiger partial charge is 0.465 e. The number of anilines is 4. The zero-order chi connectivity index (χ0) is 23.4. The highest BCUT2D eigenvalue weighted by Crippen LogP contribution is 2.26. The quantitative estimate of drug-likeness (QED) is 0.508. The molecule has 1 aromatic heterocycles. The number of hydrogen-bond donors (Lipinski definition) is 2. The first kappa shape index (κ1) is 23.1. The molecule has 0 spiro atoms. The molecule has 2 N–H and O–H groups in total. The van der Waals surface area contributed by atoms with Crippen molar-refractivity contribution in [3.8, 4) is 0 Å². The third kappa shape index (κ3) is 5.84. The van der Waals surface area contributed by atoms with Gasteiger partial charge in [0, 0.05) is 53.8 Å². The van der Waals surface area contributed by atoms with Gasteiger partial charge in [-0.25, -0.2) is 9.78 Å². The highest BCUT2D eigenvalue weighted by atomic mass is 35.5. The lowest BCUT2D eigenvalue weighted by Gasteiger charge is -2.34. The molecular formula is C23H24Cl2N6O2. The Balaban J connectivity index is 1.53. The number of likely N-dealkylation sites (N-methyl/N-ethyl adjacent to an activating group) is 1. The fourth-order valence-electron chi connectivity index (χ4n) is 3.62. The number of aromatic nitrogens is 2. The van der Waals surface area contributed by atoms with E-state index in [9.17, 15) is 9.90 Å². The third-order valence-electron chi connectivity index (χ3n) is 5.46. The monoisotopic (exact) mass is 486 g/mol. The van der Waals surface area contributed by atoms with Gasteiger partial charge in [-0.15, -0.1) is 0 Å². The number of carboxylic acid groups (broad SMARTS) is 1. The molecule has 8 nitrogen and oxygen atoms in total. The van der Waals surface area contributed by atoms with E-state index in [1.165, 1.54) is 6.20 Å². The van der Waals surface area contributed by atoms with E-state index >= 15 is 0 Å². The lowest BCUT2D eigenvalue weighted by atomic mass is 10.2. The average Bonchev–Trinajstić information content (AvgIpc) is 2.80. The van der Waals surface area contributed by atoms with Gasteiger partial charge in [-0.2, -0.15) is 4.98 Å². The molecule has 0 saturated carbocycles. The summed E-state index contributed by atoms with van der Waals surface area (Å²) in [6.07, 6.45) is 0.359. The summed E-state index contributed by atoms with van der Waals surface area (Å²) in [5.41, 5.74) is 2.52. The number of amides is 1. The van der Waals surface area contributed by atoms with Crippen molar-refractivity contribution in [3.63, 3.8) is 0 Å². The Morgan fingerprint density at radius 3 is 2.67 bits per heavy atom. The van der Waals surface area contributed by atoms with Crippen LogP contribution in [0, 0.1) is 0 Å². The molecule has 172 valence electrons. The van der Waals surface area contributed by atoms with Crippen molar-refractivity contribution >= 4 is 52.4 Å². The van der Waals surface area contributed by atoms with Crippen LogP contribution in [0.4, 0.5) is 27.9 Å². The Morgan fingerprint density at radius 2 is 1.91 bits per heavy atom. The van der Waals surface area contributed by atoms with Crippen LogP contribution in [0.15, 0.2) is 54.7 Å². The Morgan fingerprint density at radius 1 is 1.12 bits per heavy atom. The first-order valence-electron chi connectivity index (χ1n) is 10.5. The maximum Gasteiger partial charge on any atom is 0.413 e. The van der Waals surface area contributed by atoms with Gasteiger partial charge in [-0.1, -0.05) is 29.3 Å². The van der Waals surface area contributed by atoms with Crippen molar-refractivity contribution in [3.05, 3.63) is 70.3 Å². The molecule has 0 aliphatic carbocycles. The number of nitrogens with zero attached hydrogens (tertiary/aromatic N) is 5. The maximum atomic E-state index is 12.0. The van der Waals surface area contributed by atoms with Gasteiger partial charge < -0.3 is 20.2 Å². The van der Waals surface area contributed by atoms with Gasteiger partial charge in [-0.3, -0.25) is 4.90 Å². The number of piperazine rings is 1. The van der Waals surface area contributed by atoms with Crippen molar-refractivity contribution in [1.82, 2.24) is 14.9 Å². The Labute approximate surface area is 202 Å². The van der Waals surface area contributed by atoms with Crippen molar-refractivity contribution in [2.24, 2.45) is 0 Å². The molecule has 1 saturated heterocycles. The summed E-state index contributed by atoms with van der Waals surface area (Å²) in [6.45, 7) is 3.97. The van der Waals surface area contributed by atoms with Crippen molar-refractivity contribution in [2.45, 2.75) is 6.54 Å². The van der Waals surface area contributed by atoms with Crippen LogP contribution in [0.3, 0.4) is 0 Å². The lowest BCUT2D eigenvalue weighted by molar-refractivity contribution is 0.201. The molecule has 1 aliphatic rings. The number of rotatable bonds is 6. The Hall–Kier alpha value is -3.07. The normalized spacial score (nSPS) is 14.2. The minimum Gasteiger partial charge on any atom is -0.465 e. The van der Waals surface area contributed by atoms with E-state index in [4.69, 9.17) is 23.2 Å². The first-order valence-corrected chi connectivity index (χ1v) is 11.2. The molecular weight excluding hydrogens is 463 g/mol. The van der Waals surface area contributed by atoms with Crippen molar-refractivity contribution in [1.29, 1.82) is 0 Å². The van der Waals surface area contributed by atoms with Crippen LogP contribution < -0.4 is 15.1 Å². The Bertz CT molecular complexity index is 1140. The van der Waals surface area contributed by atoms with Crippen molar-refractivity contribution < 1.29 is 9.90 Å². The van der Waals surface area contributed by atoms with E-state index in [1.54, 1.807) is 24.3 Å². The molecule has 33 heavy (non-hydrogen) atoms. The lowest BCUT2D eigenvalue weighted by Crippen LogP contribution is -2.44. The smallest absolute Gasteiger partial charge is 0.413 e. The van der Waals surface area contributed by atoms with Crippen LogP contribution in [0.1, 0.15) is 5.56 Å². The minimum atomic E-state index is -1.16. The van der Waals surface area contributed by atoms with Gasteiger partial charge in [0.2, 0.25) is 5.95 Å². The number of nitrogens with one attached hydrogen (secondary N) is 1. The van der Waals surface area contributed by atoms with Gasteiger partial charge in [-0.05, 0) is 55.1 Å². The first-order chi connectivity index (χ1) is 15.9. The predicted molar refractivity (Wildman–Crippen MR) is 132 cm³/mol. The molecule has 3 aromatic rings. The van der Waals surface area contributed by atoms with Gasteiger partial charge in [0.25, 0.3) is 0 Å². The minimum absolute atomic E-state index is 0.00404. The standard InChI is InChI=1S/C23H24Cl2N6O2/c1-29-9-11-30(12-10-29)19-4-2-3-18(14-19)27-22-26-8-7-21(28-22)31(23(32)33)15-16-13-17(24)5-6-20(16)25/h2-8,13-14H,9-12,15H2,1H3,(H,32,33)(H,26,27,28). The molecule has 2 aromatic carbocycles. The summed E-state index contributed by atoms with van der Waals surface area (Å²) in [7, 11) is 2.13. The molecule has 1 amide bonds. The second-order valence-electron chi connectivity index (χ2n) is 7.81. The predicted octanol–water partition coefficient (Wildman–Crippen LogP) is 4.96. The number of hydrogen-bond acceptors (Lipinski definition) is 6. The van der Waals surface area contributed by atoms with E-state index in [0.29, 0.717) is 21.6 Å².